The van der Waals surface area contributed by atoms with Crippen LogP contribution in [0.2, 0.25) is 0 Å². The standard InChI is InChI=1S/2C20H13N3O7S.2C14H31NO.C8H19N.Cr/c2*24-16-8-5-11-3-1-2-4-13(11)19(16)21-22-20-14-7-6-12(23(26)27)9-15(14)18(10-17(20)25)31(28,29)30;2*1-2-3-4-5-6-7-8-9-10-11-12-15-13-14-16;1-3-5-6-8(4-2)7-9;/h2*1-10,24-25H,(H,28,29,30);2*15-16H,2-14H2,1H3;8H,3-7,9H2,1-2H3;. The zero-order valence-corrected chi connectivity index (χ0v) is 63.4. The van der Waals surface area contributed by atoms with Crippen LogP contribution in [-0.4, -0.2) is 107 Å². The third kappa shape index (κ3) is 31.1. The van der Waals surface area contributed by atoms with Crippen LogP contribution < -0.4 is 21.5 Å². The topological polar surface area (TPSA) is 435 Å². The van der Waals surface area contributed by atoms with Gasteiger partial charge in [0.1, 0.15) is 54.5 Å². The van der Waals surface area contributed by atoms with Crippen molar-refractivity contribution in [3.8, 4) is 23.0 Å². The minimum atomic E-state index is -5.10. The maximum absolute atomic E-state index is 12.5. The van der Waals surface area contributed by atoms with Gasteiger partial charge in [0.05, 0.1) is 71.3 Å². The molecule has 12 N–H and O–H groups in total. The molecule has 0 saturated carbocycles. The number of aliphatic hydroxyl groups is 2. The second-order valence-corrected chi connectivity index (χ2v) is 28.0. The summed E-state index contributed by atoms with van der Waals surface area (Å²) in [6.07, 6.45) is 33.5. The van der Waals surface area contributed by atoms with Gasteiger partial charge in [0.25, 0.3) is 11.4 Å². The van der Waals surface area contributed by atoms with Gasteiger partial charge in [0.2, 0.25) is 0 Å². The van der Waals surface area contributed by atoms with Crippen molar-refractivity contribution in [3.05, 3.63) is 142 Å². The Hall–Kier alpha value is -7.85. The maximum atomic E-state index is 12.5. The van der Waals surface area contributed by atoms with E-state index in [1.165, 1.54) is 185 Å². The van der Waals surface area contributed by atoms with Crippen LogP contribution in [0.25, 0.3) is 43.1 Å². The first-order valence-electron chi connectivity index (χ1n) is 36.2. The molecule has 104 heavy (non-hydrogen) atoms. The number of aliphatic hydroxyl groups excluding tert-OH is 2. The molecule has 0 radical (unpaired) electrons. The maximum Gasteiger partial charge on any atom is 0.270 e. The number of aromatic hydroxyl groups is 3. The van der Waals surface area contributed by atoms with Gasteiger partial charge in [-0.25, -0.2) is 16.8 Å². The molecular weight excluding hydrogens is 1410 g/mol. The molecule has 1 unspecified atom stereocenters. The fourth-order valence-electron chi connectivity index (χ4n) is 11.5. The first kappa shape index (κ1) is 90.4. The molecule has 0 aliphatic carbocycles. The quantitative estimate of drug-likeness (QED) is 0.00583. The monoisotopic (exact) mass is 1520 g/mol. The van der Waals surface area contributed by atoms with Crippen LogP contribution >= 0.6 is 0 Å². The van der Waals surface area contributed by atoms with Gasteiger partial charge in [-0.2, -0.15) is 5.11 Å². The Kier molecular flexibility index (Phi) is 43.3. The molecule has 8 aromatic rings. The molecule has 0 aromatic heterocycles. The summed E-state index contributed by atoms with van der Waals surface area (Å²) in [5.41, 5.74) is 2.63. The van der Waals surface area contributed by atoms with Gasteiger partial charge in [-0.3, -0.25) is 20.2 Å². The van der Waals surface area contributed by atoms with Crippen molar-refractivity contribution in [1.82, 2.24) is 0 Å². The third-order valence-electron chi connectivity index (χ3n) is 17.4. The molecule has 0 aliphatic heterocycles. The summed E-state index contributed by atoms with van der Waals surface area (Å²) < 4.78 is 69.7. The Morgan fingerprint density at radius 1 is 0.433 bits per heavy atom. The SMILES string of the molecule is CCCCC(CC)C[NH3+].CCCCCCCCCCCC[NH2+]CCO.CCCCCCCCCCCC[NH2+]CCO.O=[N+]([O-])c1ccc2c(N=Nc3c(O)ccc4ccccc34)c(O)cc(S(=O)(=O)[O-])c2c1.O=[N+]([O-])c1ccc2c(N=Nc3c(O)ccc4ccccc34)c([O-])cc(S(=O)(=O)[O-])c2c1.[Cr]. The second kappa shape index (κ2) is 49.8. The van der Waals surface area contributed by atoms with Crippen LogP contribution in [0, 0.1) is 26.1 Å². The van der Waals surface area contributed by atoms with Crippen molar-refractivity contribution in [3.63, 3.8) is 0 Å². The van der Waals surface area contributed by atoms with Crippen LogP contribution in [0.3, 0.4) is 0 Å². The Balaban J connectivity index is 0.000000360. The fourth-order valence-corrected chi connectivity index (χ4v) is 12.9. The number of phenols is 3. The van der Waals surface area contributed by atoms with Crippen LogP contribution in [0.1, 0.15) is 182 Å². The zero-order valence-electron chi connectivity index (χ0n) is 60.5. The number of benzene rings is 8. The summed E-state index contributed by atoms with van der Waals surface area (Å²) >= 11 is 0. The molecular formula is C76H107CrN9O16S2. The van der Waals surface area contributed by atoms with E-state index in [1.54, 1.807) is 60.7 Å². The molecule has 28 heteroatoms. The largest absolute Gasteiger partial charge is 0.871 e. The van der Waals surface area contributed by atoms with Crippen LogP contribution in [-0.2, 0) is 37.6 Å². The number of quaternary nitrogens is 3. The number of unbranched alkanes of at least 4 members (excludes halogenated alkanes) is 19. The van der Waals surface area contributed by atoms with E-state index in [2.05, 4.69) is 64.5 Å². The van der Waals surface area contributed by atoms with E-state index in [4.69, 9.17) is 10.2 Å². The predicted octanol–water partition coefficient (Wildman–Crippen LogP) is 15.0. The number of fused-ring (bicyclic) bond motifs is 4. The third-order valence-corrected chi connectivity index (χ3v) is 19.2. The van der Waals surface area contributed by atoms with Crippen molar-refractivity contribution in [1.29, 1.82) is 0 Å². The molecule has 0 heterocycles. The van der Waals surface area contributed by atoms with Crippen molar-refractivity contribution in [2.75, 3.05) is 45.9 Å². The van der Waals surface area contributed by atoms with Gasteiger partial charge < -0.3 is 56.1 Å². The molecule has 0 spiro atoms. The first-order valence-corrected chi connectivity index (χ1v) is 39.0. The number of nitrogens with two attached hydrogens (primary N) is 2. The predicted molar refractivity (Wildman–Crippen MR) is 400 cm³/mol. The van der Waals surface area contributed by atoms with Crippen LogP contribution in [0.15, 0.2) is 152 Å². The van der Waals surface area contributed by atoms with Gasteiger partial charge >= 0.3 is 0 Å². The van der Waals surface area contributed by atoms with Gasteiger partial charge in [0.15, 0.2) is 0 Å². The van der Waals surface area contributed by atoms with Crippen LogP contribution in [0.4, 0.5) is 34.1 Å². The molecule has 25 nitrogen and oxygen atoms in total. The summed E-state index contributed by atoms with van der Waals surface area (Å²) in [4.78, 5) is 18.9. The normalized spacial score (nSPS) is 11.7. The Morgan fingerprint density at radius 2 is 0.788 bits per heavy atom. The number of azo groups is 2. The number of hydrogen-bond donors (Lipinski definition) is 8. The average molecular weight is 1520 g/mol. The number of rotatable bonds is 39. The van der Waals surface area contributed by atoms with E-state index in [0.29, 0.717) is 36.1 Å². The van der Waals surface area contributed by atoms with Gasteiger partial charge in [-0.05, 0) is 79.6 Å². The minimum Gasteiger partial charge on any atom is -0.871 e. The number of nitro groups is 2. The van der Waals surface area contributed by atoms with E-state index >= 15 is 0 Å². The summed E-state index contributed by atoms with van der Waals surface area (Å²) in [5.74, 6) is -1.07. The molecule has 0 amide bonds. The summed E-state index contributed by atoms with van der Waals surface area (Å²) in [5, 5.41) is 105. The van der Waals surface area contributed by atoms with Gasteiger partial charge in [-0.15, -0.1) is 15.3 Å². The van der Waals surface area contributed by atoms with Gasteiger partial charge in [-0.1, -0.05) is 210 Å². The minimum absolute atomic E-state index is 0. The Labute approximate surface area is 622 Å². The molecule has 0 saturated heterocycles. The van der Waals surface area contributed by atoms with Crippen molar-refractivity contribution in [2.45, 2.75) is 192 Å². The van der Waals surface area contributed by atoms with Crippen molar-refractivity contribution >= 4 is 97.5 Å². The number of phenolic OH excluding ortho intramolecular Hbond substituents is 3. The van der Waals surface area contributed by atoms with Crippen molar-refractivity contribution < 1.29 is 100 Å². The van der Waals surface area contributed by atoms with E-state index in [0.717, 1.165) is 66.7 Å². The number of hydrogen-bond acceptors (Lipinski definition) is 20. The summed E-state index contributed by atoms with van der Waals surface area (Å²) in [7, 11) is -10.2. The van der Waals surface area contributed by atoms with E-state index in [-0.39, 0.29) is 73.2 Å². The smallest absolute Gasteiger partial charge is 0.270 e. The average Bonchev–Trinajstić information content (AvgIpc) is 0.771. The van der Waals surface area contributed by atoms with Crippen LogP contribution in [0.5, 0.6) is 23.0 Å². The molecule has 570 valence electrons. The number of non-ortho nitro benzene ring substituents is 2. The first-order chi connectivity index (χ1) is 49.5. The van der Waals surface area contributed by atoms with E-state index in [1.807, 2.05) is 0 Å². The Morgan fingerprint density at radius 3 is 1.15 bits per heavy atom. The molecule has 8 aromatic carbocycles. The Bertz CT molecular complexity index is 3920. The van der Waals surface area contributed by atoms with E-state index < -0.39 is 62.7 Å². The number of nitrogens with zero attached hydrogens (tertiary/aromatic N) is 6. The molecule has 0 aliphatic rings. The molecule has 0 bridgehead atoms. The fraction of sp³-hybridized carbons (Fsp3) is 0.474. The molecule has 1 atom stereocenters. The molecule has 8 rings (SSSR count). The second-order valence-electron chi connectivity index (χ2n) is 25.3. The summed E-state index contributed by atoms with van der Waals surface area (Å²) in [6, 6.07) is 27.7. The zero-order chi connectivity index (χ0) is 75.6. The van der Waals surface area contributed by atoms with Gasteiger partial charge in [0, 0.05) is 85.9 Å². The van der Waals surface area contributed by atoms with Crippen molar-refractivity contribution in [2.24, 2.45) is 26.4 Å². The number of nitro benzene ring substituents is 2. The van der Waals surface area contributed by atoms with E-state index in [9.17, 15) is 66.6 Å². The summed E-state index contributed by atoms with van der Waals surface area (Å²) in [6.45, 7) is 14.9. The molecule has 0 fully saturated rings.